The third-order valence-corrected chi connectivity index (χ3v) is 8.30. The maximum atomic E-state index is 15.0. The van der Waals surface area contributed by atoms with E-state index < -0.39 is 11.4 Å². The van der Waals surface area contributed by atoms with Crippen molar-refractivity contribution < 1.29 is 14.7 Å². The normalized spacial score (nSPS) is 12.6. The molecule has 224 valence electrons. The van der Waals surface area contributed by atoms with Gasteiger partial charge in [0.1, 0.15) is 5.41 Å². The predicted molar refractivity (Wildman–Crippen MR) is 177 cm³/mol. The van der Waals surface area contributed by atoms with Crippen LogP contribution < -0.4 is 5.32 Å². The fourth-order valence-electron chi connectivity index (χ4n) is 5.55. The number of benzene rings is 4. The van der Waals surface area contributed by atoms with E-state index in [-0.39, 0.29) is 33.4 Å². The summed E-state index contributed by atoms with van der Waals surface area (Å²) in [5.74, 6) is -1.42. The average molecular weight is 576 g/mol. The Balaban J connectivity index is 2.05. The van der Waals surface area contributed by atoms with Crippen LogP contribution in [0.4, 0.5) is 5.69 Å². The van der Waals surface area contributed by atoms with Gasteiger partial charge in [-0.25, -0.2) is 4.79 Å². The topological polar surface area (TPSA) is 66.4 Å². The van der Waals surface area contributed by atoms with E-state index >= 15 is 0 Å². The Hall–Kier alpha value is -4.18. The third-order valence-electron chi connectivity index (χ3n) is 8.30. The zero-order valence-electron chi connectivity index (χ0n) is 27.0. The number of aromatic carboxylic acids is 1. The summed E-state index contributed by atoms with van der Waals surface area (Å²) in [5, 5.41) is 12.9. The van der Waals surface area contributed by atoms with Crippen LogP contribution in [0.5, 0.6) is 0 Å². The quantitative estimate of drug-likeness (QED) is 0.225. The number of carbonyl (C=O) groups is 2. The molecule has 4 aromatic rings. The Morgan fingerprint density at radius 3 is 1.09 bits per heavy atom. The van der Waals surface area contributed by atoms with Crippen molar-refractivity contribution >= 4 is 17.6 Å². The van der Waals surface area contributed by atoms with Crippen LogP contribution in [0.25, 0.3) is 0 Å². The molecular formula is C39H45NO3. The van der Waals surface area contributed by atoms with Gasteiger partial charge in [0.25, 0.3) is 0 Å². The van der Waals surface area contributed by atoms with Crippen LogP contribution in [0.15, 0.2) is 97.1 Å². The number of carbonyl (C=O) groups excluding carboxylic acids is 1. The molecule has 0 aliphatic carbocycles. The average Bonchev–Trinajstić information content (AvgIpc) is 2.93. The summed E-state index contributed by atoms with van der Waals surface area (Å²) in [5.41, 5.74) is 4.73. The third kappa shape index (κ3) is 6.44. The minimum absolute atomic E-state index is 0.0407. The monoisotopic (exact) mass is 575 g/mol. The molecule has 4 aromatic carbocycles. The van der Waals surface area contributed by atoms with Crippen molar-refractivity contribution in [3.63, 3.8) is 0 Å². The lowest BCUT2D eigenvalue weighted by Crippen LogP contribution is -2.43. The van der Waals surface area contributed by atoms with Crippen molar-refractivity contribution in [1.29, 1.82) is 0 Å². The maximum absolute atomic E-state index is 15.0. The van der Waals surface area contributed by atoms with E-state index in [2.05, 4.69) is 104 Å². The molecule has 4 heteroatoms. The van der Waals surface area contributed by atoms with Crippen LogP contribution in [0.2, 0.25) is 0 Å². The summed E-state index contributed by atoms with van der Waals surface area (Å²) in [6.07, 6.45) is 0. The summed E-state index contributed by atoms with van der Waals surface area (Å²) in [6, 6.07) is 31.3. The Kier molecular flexibility index (Phi) is 8.48. The smallest absolute Gasteiger partial charge is 0.337 e. The van der Waals surface area contributed by atoms with Gasteiger partial charge in [0.15, 0.2) is 0 Å². The van der Waals surface area contributed by atoms with Crippen LogP contribution in [0.3, 0.4) is 0 Å². The minimum atomic E-state index is -1.27. The molecule has 43 heavy (non-hydrogen) atoms. The lowest BCUT2D eigenvalue weighted by molar-refractivity contribution is -0.119. The van der Waals surface area contributed by atoms with Gasteiger partial charge in [-0.05, 0) is 61.8 Å². The maximum Gasteiger partial charge on any atom is 0.337 e. The molecule has 0 fully saturated rings. The van der Waals surface area contributed by atoms with Crippen molar-refractivity contribution in [2.24, 2.45) is 0 Å². The van der Waals surface area contributed by atoms with E-state index in [0.29, 0.717) is 0 Å². The highest BCUT2D eigenvalue weighted by molar-refractivity contribution is 6.08. The highest BCUT2D eigenvalue weighted by atomic mass is 16.4. The van der Waals surface area contributed by atoms with Crippen molar-refractivity contribution in [3.05, 3.63) is 136 Å². The van der Waals surface area contributed by atoms with Crippen molar-refractivity contribution in [3.8, 4) is 0 Å². The Morgan fingerprint density at radius 2 is 0.791 bits per heavy atom. The fraction of sp³-hybridized carbons (Fsp3) is 0.333. The molecular weight excluding hydrogens is 530 g/mol. The summed E-state index contributed by atoms with van der Waals surface area (Å²) < 4.78 is 0. The Bertz CT molecular complexity index is 1450. The lowest BCUT2D eigenvalue weighted by Gasteiger charge is -2.36. The molecule has 4 nitrogen and oxygen atoms in total. The van der Waals surface area contributed by atoms with Gasteiger partial charge in [-0.1, -0.05) is 147 Å². The zero-order chi connectivity index (χ0) is 31.8. The van der Waals surface area contributed by atoms with E-state index in [1.165, 1.54) is 6.07 Å². The van der Waals surface area contributed by atoms with Crippen molar-refractivity contribution in [2.45, 2.75) is 84.0 Å². The second kappa shape index (κ2) is 11.5. The number of para-hydroxylation sites is 1. The number of amides is 1. The van der Waals surface area contributed by atoms with Crippen LogP contribution in [0, 0.1) is 0 Å². The molecule has 0 aliphatic rings. The standard InChI is InChI=1S/C39H45NO3/c1-36(2,3)26-14-20-29(21-15-26)39(30-22-16-27(17-23-30)37(4,5)6,31-24-18-28(19-25-31)38(7,8)9)35(43)40-33-13-11-10-12-32(33)34(41)42/h10-25H,1-9H3,(H,40,43)(H,41,42). The molecule has 0 atom stereocenters. The van der Waals surface area contributed by atoms with Crippen molar-refractivity contribution in [2.75, 3.05) is 5.32 Å². The molecule has 1 amide bonds. The second-order valence-corrected chi connectivity index (χ2v) is 14.5. The molecule has 0 unspecified atom stereocenters. The highest BCUT2D eigenvalue weighted by Gasteiger charge is 2.44. The highest BCUT2D eigenvalue weighted by Crippen LogP contribution is 2.43. The molecule has 0 radical (unpaired) electrons. The predicted octanol–water partition coefficient (Wildman–Crippen LogP) is 9.25. The van der Waals surface area contributed by atoms with Gasteiger partial charge in [0, 0.05) is 0 Å². The first kappa shape index (κ1) is 31.7. The van der Waals surface area contributed by atoms with Crippen LogP contribution >= 0.6 is 0 Å². The minimum Gasteiger partial charge on any atom is -0.478 e. The number of nitrogens with one attached hydrogen (secondary N) is 1. The van der Waals surface area contributed by atoms with Gasteiger partial charge in [-0.2, -0.15) is 0 Å². The first-order valence-electron chi connectivity index (χ1n) is 14.9. The zero-order valence-corrected chi connectivity index (χ0v) is 27.0. The molecule has 0 saturated heterocycles. The van der Waals surface area contributed by atoms with Crippen LogP contribution in [-0.4, -0.2) is 17.0 Å². The molecule has 0 bridgehead atoms. The first-order valence-corrected chi connectivity index (χ1v) is 14.9. The van der Waals surface area contributed by atoms with Crippen LogP contribution in [0.1, 0.15) is 106 Å². The summed E-state index contributed by atoms with van der Waals surface area (Å²) in [7, 11) is 0. The molecule has 2 N–H and O–H groups in total. The molecule has 0 saturated carbocycles. The van der Waals surface area contributed by atoms with Crippen molar-refractivity contribution in [1.82, 2.24) is 0 Å². The molecule has 0 spiro atoms. The summed E-state index contributed by atoms with van der Waals surface area (Å²) in [6.45, 7) is 19.5. The SMILES string of the molecule is CC(C)(C)c1ccc(C(C(=O)Nc2ccccc2C(=O)O)(c2ccc(C(C)(C)C)cc2)c2ccc(C(C)(C)C)cc2)cc1. The molecule has 0 aromatic heterocycles. The first-order chi connectivity index (χ1) is 20.0. The van der Waals surface area contributed by atoms with Gasteiger partial charge in [-0.3, -0.25) is 4.79 Å². The van der Waals surface area contributed by atoms with E-state index in [0.717, 1.165) is 33.4 Å². The molecule has 0 heterocycles. The van der Waals surface area contributed by atoms with E-state index in [9.17, 15) is 14.7 Å². The summed E-state index contributed by atoms with van der Waals surface area (Å²) in [4.78, 5) is 27.1. The van der Waals surface area contributed by atoms with Gasteiger partial charge in [0.2, 0.25) is 5.91 Å². The molecule has 4 rings (SSSR count). The lowest BCUT2D eigenvalue weighted by atomic mass is 9.67. The number of carboxylic acids is 1. The van der Waals surface area contributed by atoms with E-state index in [1.807, 2.05) is 36.4 Å². The fourth-order valence-corrected chi connectivity index (χ4v) is 5.55. The largest absolute Gasteiger partial charge is 0.478 e. The van der Waals surface area contributed by atoms with Gasteiger partial charge in [-0.15, -0.1) is 0 Å². The van der Waals surface area contributed by atoms with Gasteiger partial charge >= 0.3 is 5.97 Å². The number of hydrogen-bond acceptors (Lipinski definition) is 2. The Labute approximate surface area is 257 Å². The number of hydrogen-bond donors (Lipinski definition) is 2. The van der Waals surface area contributed by atoms with Gasteiger partial charge < -0.3 is 10.4 Å². The van der Waals surface area contributed by atoms with Crippen LogP contribution in [-0.2, 0) is 26.5 Å². The molecule has 0 aliphatic heterocycles. The van der Waals surface area contributed by atoms with Gasteiger partial charge in [0.05, 0.1) is 11.3 Å². The van der Waals surface area contributed by atoms with E-state index in [1.54, 1.807) is 18.2 Å². The summed E-state index contributed by atoms with van der Waals surface area (Å²) >= 11 is 0. The number of anilines is 1. The number of rotatable bonds is 6. The Morgan fingerprint density at radius 1 is 0.488 bits per heavy atom. The second-order valence-electron chi connectivity index (χ2n) is 14.5. The number of carboxylic acid groups (broad SMARTS) is 1. The van der Waals surface area contributed by atoms with E-state index in [4.69, 9.17) is 0 Å².